The van der Waals surface area contributed by atoms with E-state index in [1.807, 2.05) is 68.6 Å². The van der Waals surface area contributed by atoms with Gasteiger partial charge < -0.3 is 9.84 Å². The SMILES string of the molecule is CC#CC(CC(=O)O)c1ccc(OCc2cc(-c3cccc(C(C)(C)C#N)c3)c3nc(C(C)C)nn3c2)cc1. The second kappa shape index (κ2) is 11.4. The van der Waals surface area contributed by atoms with Crippen molar-refractivity contribution in [3.63, 3.8) is 0 Å². The van der Waals surface area contributed by atoms with Crippen molar-refractivity contribution in [3.05, 3.63) is 83.3 Å². The molecule has 0 saturated carbocycles. The fourth-order valence-corrected chi connectivity index (χ4v) is 4.30. The van der Waals surface area contributed by atoms with Gasteiger partial charge in [0.15, 0.2) is 11.5 Å². The van der Waals surface area contributed by atoms with Gasteiger partial charge in [-0.2, -0.15) is 10.4 Å². The van der Waals surface area contributed by atoms with E-state index >= 15 is 0 Å². The number of carbonyl (C=O) groups is 1. The predicted molar refractivity (Wildman–Crippen MR) is 150 cm³/mol. The number of benzene rings is 2. The lowest BCUT2D eigenvalue weighted by molar-refractivity contribution is -0.137. The van der Waals surface area contributed by atoms with Gasteiger partial charge in [-0.25, -0.2) is 9.50 Å². The molecule has 0 spiro atoms. The summed E-state index contributed by atoms with van der Waals surface area (Å²) < 4.78 is 7.90. The Kier molecular flexibility index (Phi) is 8.02. The van der Waals surface area contributed by atoms with E-state index < -0.39 is 11.4 Å². The van der Waals surface area contributed by atoms with Gasteiger partial charge in [-0.05, 0) is 61.7 Å². The van der Waals surface area contributed by atoms with Gasteiger partial charge in [0.05, 0.1) is 23.8 Å². The zero-order chi connectivity index (χ0) is 28.2. The Balaban J connectivity index is 1.66. The van der Waals surface area contributed by atoms with Crippen molar-refractivity contribution >= 4 is 11.6 Å². The molecule has 1 N–H and O–H groups in total. The Morgan fingerprint density at radius 3 is 2.54 bits per heavy atom. The molecule has 2 aromatic heterocycles. The van der Waals surface area contributed by atoms with Crippen LogP contribution in [-0.4, -0.2) is 25.7 Å². The molecule has 7 nitrogen and oxygen atoms in total. The van der Waals surface area contributed by atoms with E-state index in [-0.39, 0.29) is 18.3 Å². The molecule has 0 aliphatic rings. The van der Waals surface area contributed by atoms with Crippen LogP contribution in [0.2, 0.25) is 0 Å². The molecule has 1 atom stereocenters. The van der Waals surface area contributed by atoms with Crippen LogP contribution < -0.4 is 4.74 Å². The summed E-state index contributed by atoms with van der Waals surface area (Å²) in [6, 6.07) is 19.8. The Morgan fingerprint density at radius 1 is 1.15 bits per heavy atom. The summed E-state index contributed by atoms with van der Waals surface area (Å²) in [5.41, 5.74) is 4.67. The third kappa shape index (κ3) is 6.27. The number of hydrogen-bond donors (Lipinski definition) is 1. The van der Waals surface area contributed by atoms with Crippen LogP contribution in [0.15, 0.2) is 60.8 Å². The highest BCUT2D eigenvalue weighted by Crippen LogP contribution is 2.31. The first-order valence-corrected chi connectivity index (χ1v) is 12.9. The summed E-state index contributed by atoms with van der Waals surface area (Å²) in [4.78, 5) is 16.0. The molecule has 4 rings (SSSR count). The van der Waals surface area contributed by atoms with E-state index in [2.05, 4.69) is 37.8 Å². The van der Waals surface area contributed by atoms with Gasteiger partial charge in [0, 0.05) is 23.2 Å². The van der Waals surface area contributed by atoms with Gasteiger partial charge in [-0.15, -0.1) is 5.92 Å². The van der Waals surface area contributed by atoms with Crippen LogP contribution >= 0.6 is 0 Å². The molecule has 198 valence electrons. The third-order valence-corrected chi connectivity index (χ3v) is 6.58. The van der Waals surface area contributed by atoms with E-state index in [0.717, 1.165) is 39.3 Å². The van der Waals surface area contributed by atoms with Crippen LogP contribution in [0.1, 0.15) is 75.4 Å². The number of carboxylic acid groups (broad SMARTS) is 1. The largest absolute Gasteiger partial charge is 0.489 e. The van der Waals surface area contributed by atoms with E-state index in [4.69, 9.17) is 14.8 Å². The van der Waals surface area contributed by atoms with Crippen molar-refractivity contribution in [3.8, 4) is 34.8 Å². The van der Waals surface area contributed by atoms with Crippen LogP contribution in [0.25, 0.3) is 16.8 Å². The highest BCUT2D eigenvalue weighted by Gasteiger charge is 2.21. The average Bonchev–Trinajstić information content (AvgIpc) is 3.36. The standard InChI is InChI=1S/C32H32N4O3/c1-6-8-24(17-29(37)38)23-11-13-27(14-12-23)39-19-22-15-28(31-34-30(21(2)3)35-36(31)18-22)25-9-7-10-26(16-25)32(4,5)20-33/h7,9-16,18,21,24H,17,19H2,1-5H3,(H,37,38). The first-order chi connectivity index (χ1) is 18.6. The lowest BCUT2D eigenvalue weighted by Gasteiger charge is -2.17. The molecule has 0 aliphatic heterocycles. The lowest BCUT2D eigenvalue weighted by Crippen LogP contribution is -2.13. The Bertz CT molecular complexity index is 1600. The number of aromatic nitrogens is 3. The van der Waals surface area contributed by atoms with Crippen LogP contribution in [0.3, 0.4) is 0 Å². The summed E-state index contributed by atoms with van der Waals surface area (Å²) in [6.07, 6.45) is 1.88. The Hall–Kier alpha value is -4.62. The molecule has 0 fully saturated rings. The normalized spacial score (nSPS) is 12.0. The zero-order valence-corrected chi connectivity index (χ0v) is 22.9. The van der Waals surface area contributed by atoms with E-state index in [1.54, 1.807) is 11.4 Å². The molecular formula is C32H32N4O3. The number of pyridine rings is 1. The summed E-state index contributed by atoms with van der Waals surface area (Å²) in [6.45, 7) is 9.94. The van der Waals surface area contributed by atoms with Crippen LogP contribution in [-0.2, 0) is 16.8 Å². The molecule has 2 heterocycles. The summed E-state index contributed by atoms with van der Waals surface area (Å²) >= 11 is 0. The van der Waals surface area contributed by atoms with Crippen molar-refractivity contribution in [2.75, 3.05) is 0 Å². The number of rotatable bonds is 9. The maximum Gasteiger partial charge on any atom is 0.304 e. The minimum Gasteiger partial charge on any atom is -0.489 e. The van der Waals surface area contributed by atoms with Crippen molar-refractivity contribution in [1.82, 2.24) is 14.6 Å². The van der Waals surface area contributed by atoms with Crippen LogP contribution in [0.4, 0.5) is 0 Å². The highest BCUT2D eigenvalue weighted by molar-refractivity contribution is 5.78. The fourth-order valence-electron chi connectivity index (χ4n) is 4.30. The van der Waals surface area contributed by atoms with Gasteiger partial charge >= 0.3 is 5.97 Å². The molecule has 0 amide bonds. The molecule has 0 radical (unpaired) electrons. The number of nitrogens with zero attached hydrogens (tertiary/aromatic N) is 4. The molecule has 1 unspecified atom stereocenters. The van der Waals surface area contributed by atoms with Crippen molar-refractivity contribution < 1.29 is 14.6 Å². The number of aliphatic carboxylic acids is 1. The second-order valence-electron chi connectivity index (χ2n) is 10.4. The van der Waals surface area contributed by atoms with E-state index in [1.165, 1.54) is 0 Å². The first kappa shape index (κ1) is 27.4. The number of hydrogen-bond acceptors (Lipinski definition) is 5. The van der Waals surface area contributed by atoms with Crippen LogP contribution in [0, 0.1) is 23.2 Å². The van der Waals surface area contributed by atoms with E-state index in [0.29, 0.717) is 12.4 Å². The fraction of sp³-hybridized carbons (Fsp3) is 0.312. The third-order valence-electron chi connectivity index (χ3n) is 6.58. The molecular weight excluding hydrogens is 488 g/mol. The number of nitriles is 1. The number of carboxylic acids is 1. The smallest absolute Gasteiger partial charge is 0.304 e. The molecule has 39 heavy (non-hydrogen) atoms. The molecule has 0 saturated heterocycles. The average molecular weight is 521 g/mol. The summed E-state index contributed by atoms with van der Waals surface area (Å²) in [5.74, 6) is 6.12. The van der Waals surface area contributed by atoms with E-state index in [9.17, 15) is 15.2 Å². The summed E-state index contributed by atoms with van der Waals surface area (Å²) in [7, 11) is 0. The van der Waals surface area contributed by atoms with Gasteiger partial charge in [0.1, 0.15) is 12.4 Å². The van der Waals surface area contributed by atoms with Gasteiger partial charge in [-0.3, -0.25) is 4.79 Å². The molecule has 0 aliphatic carbocycles. The first-order valence-electron chi connectivity index (χ1n) is 12.9. The monoisotopic (exact) mass is 520 g/mol. The number of ether oxygens (including phenoxy) is 1. The van der Waals surface area contributed by atoms with Crippen molar-refractivity contribution in [2.45, 2.75) is 64.9 Å². The lowest BCUT2D eigenvalue weighted by atomic mass is 9.85. The minimum atomic E-state index is -0.885. The summed E-state index contributed by atoms with van der Waals surface area (Å²) in [5, 5.41) is 23.6. The molecule has 7 heteroatoms. The Labute approximate surface area is 229 Å². The Morgan fingerprint density at radius 2 is 1.90 bits per heavy atom. The minimum absolute atomic E-state index is 0.0488. The molecule has 2 aromatic carbocycles. The maximum absolute atomic E-state index is 11.2. The quantitative estimate of drug-likeness (QED) is 0.254. The van der Waals surface area contributed by atoms with Crippen molar-refractivity contribution in [1.29, 1.82) is 5.26 Å². The topological polar surface area (TPSA) is 101 Å². The van der Waals surface area contributed by atoms with Gasteiger partial charge in [0.25, 0.3) is 0 Å². The second-order valence-corrected chi connectivity index (χ2v) is 10.4. The predicted octanol–water partition coefficient (Wildman–Crippen LogP) is 6.48. The zero-order valence-electron chi connectivity index (χ0n) is 22.9. The number of fused-ring (bicyclic) bond motifs is 1. The highest BCUT2D eigenvalue weighted by atomic mass is 16.5. The molecule has 4 aromatic rings. The van der Waals surface area contributed by atoms with Crippen LogP contribution in [0.5, 0.6) is 5.75 Å². The van der Waals surface area contributed by atoms with Crippen molar-refractivity contribution in [2.24, 2.45) is 0 Å². The maximum atomic E-state index is 11.2. The van der Waals surface area contributed by atoms with Gasteiger partial charge in [0.2, 0.25) is 0 Å². The van der Waals surface area contributed by atoms with Gasteiger partial charge in [-0.1, -0.05) is 50.1 Å². The molecule has 0 bridgehead atoms.